The number of rotatable bonds is 2. The number of phenolic OH excluding ortho intramolecular Hbond substituents is 1. The maximum Gasteiger partial charge on any atom is 0.421 e. The molecule has 0 bridgehead atoms. The van der Waals surface area contributed by atoms with Crippen LogP contribution in [0.25, 0.3) is 0 Å². The van der Waals surface area contributed by atoms with Crippen LogP contribution in [0.2, 0.25) is 0 Å². The van der Waals surface area contributed by atoms with Gasteiger partial charge in [-0.15, -0.1) is 0 Å². The predicted octanol–water partition coefficient (Wildman–Crippen LogP) is 3.34. The zero-order valence-electron chi connectivity index (χ0n) is 13.7. The molecule has 0 fully saturated rings. The molecule has 1 rings (SSSR count). The van der Waals surface area contributed by atoms with Crippen LogP contribution in [-0.4, -0.2) is 21.3 Å². The number of nitrogens with zero attached hydrogens (tertiary/aromatic N) is 1. The molecule has 0 saturated carbocycles. The van der Waals surface area contributed by atoms with Crippen LogP contribution in [-0.2, 0) is 17.4 Å². The van der Waals surface area contributed by atoms with E-state index >= 15 is 0 Å². The molecular formula is C16H26N2O3. The smallest absolute Gasteiger partial charge is 0.421 e. The van der Waals surface area contributed by atoms with Gasteiger partial charge in [0.2, 0.25) is 0 Å². The van der Waals surface area contributed by atoms with Crippen molar-refractivity contribution < 1.29 is 15.0 Å². The summed E-state index contributed by atoms with van der Waals surface area (Å²) in [6.07, 6.45) is -1.18. The fourth-order valence-electron chi connectivity index (χ4n) is 2.19. The quantitative estimate of drug-likeness (QED) is 0.443. The second-order valence-corrected chi connectivity index (χ2v) is 7.45. The van der Waals surface area contributed by atoms with Crippen molar-refractivity contribution in [2.75, 3.05) is 0 Å². The maximum atomic E-state index is 10.9. The summed E-state index contributed by atoms with van der Waals surface area (Å²) in [5.41, 5.74) is 1.87. The molecule has 0 aromatic heterocycles. The van der Waals surface area contributed by atoms with Gasteiger partial charge in [-0.3, -0.25) is 0 Å². The van der Waals surface area contributed by atoms with E-state index in [-0.39, 0.29) is 23.1 Å². The average Bonchev–Trinajstić information content (AvgIpc) is 2.27. The lowest BCUT2D eigenvalue weighted by Gasteiger charge is -2.28. The minimum atomic E-state index is -1.18. The standard InChI is InChI=1S/C16H26N2O3/c1-15(2,3)11-7-10(9-18(17)14(20)21)8-12(13(11)19)16(4,5)6/h7-8,19H,9,17H2,1-6H3,(H,20,21). The Morgan fingerprint density at radius 3 is 1.76 bits per heavy atom. The summed E-state index contributed by atoms with van der Waals surface area (Å²) in [4.78, 5) is 10.9. The summed E-state index contributed by atoms with van der Waals surface area (Å²) in [6, 6.07) is 3.65. The lowest BCUT2D eigenvalue weighted by molar-refractivity contribution is 0.143. The van der Waals surface area contributed by atoms with E-state index in [0.717, 1.165) is 21.7 Å². The predicted molar refractivity (Wildman–Crippen MR) is 83.3 cm³/mol. The summed E-state index contributed by atoms with van der Waals surface area (Å²) >= 11 is 0. The fraction of sp³-hybridized carbons (Fsp3) is 0.562. The normalized spacial score (nSPS) is 12.3. The summed E-state index contributed by atoms with van der Waals surface area (Å²) in [7, 11) is 0. The highest BCUT2D eigenvalue weighted by Gasteiger charge is 2.26. The zero-order chi connectivity index (χ0) is 16.6. The first-order valence-corrected chi connectivity index (χ1v) is 6.96. The van der Waals surface area contributed by atoms with Gasteiger partial charge in [0.15, 0.2) is 0 Å². The maximum absolute atomic E-state index is 10.9. The Morgan fingerprint density at radius 2 is 1.48 bits per heavy atom. The number of phenols is 1. The molecule has 5 nitrogen and oxygen atoms in total. The third-order valence-electron chi connectivity index (χ3n) is 3.38. The largest absolute Gasteiger partial charge is 0.507 e. The van der Waals surface area contributed by atoms with Crippen LogP contribution in [0.5, 0.6) is 5.75 Å². The van der Waals surface area contributed by atoms with Gasteiger partial charge in [0.1, 0.15) is 5.75 Å². The SMILES string of the molecule is CC(C)(C)c1cc(CN(N)C(=O)O)cc(C(C)(C)C)c1O. The van der Waals surface area contributed by atoms with Gasteiger partial charge >= 0.3 is 6.09 Å². The van der Waals surface area contributed by atoms with E-state index in [1.807, 2.05) is 53.7 Å². The van der Waals surface area contributed by atoms with Crippen LogP contribution in [0.4, 0.5) is 4.79 Å². The van der Waals surface area contributed by atoms with E-state index in [0.29, 0.717) is 0 Å². The Labute approximate surface area is 126 Å². The van der Waals surface area contributed by atoms with E-state index < -0.39 is 6.09 Å². The molecule has 4 N–H and O–H groups in total. The lowest BCUT2D eigenvalue weighted by Crippen LogP contribution is -2.35. The minimum Gasteiger partial charge on any atom is -0.507 e. The number of hydrazine groups is 1. The summed E-state index contributed by atoms with van der Waals surface area (Å²) in [5.74, 6) is 5.75. The Balaban J connectivity index is 3.44. The first kappa shape index (κ1) is 17.3. The third-order valence-corrected chi connectivity index (χ3v) is 3.38. The van der Waals surface area contributed by atoms with E-state index in [9.17, 15) is 9.90 Å². The van der Waals surface area contributed by atoms with Crippen molar-refractivity contribution in [2.24, 2.45) is 5.84 Å². The molecule has 118 valence electrons. The second-order valence-electron chi connectivity index (χ2n) is 7.45. The van der Waals surface area contributed by atoms with Crippen LogP contribution < -0.4 is 5.84 Å². The highest BCUT2D eigenvalue weighted by molar-refractivity contribution is 5.64. The van der Waals surface area contributed by atoms with Gasteiger partial charge in [0.25, 0.3) is 0 Å². The van der Waals surface area contributed by atoms with Crippen LogP contribution in [0, 0.1) is 0 Å². The number of amides is 1. The molecule has 0 atom stereocenters. The molecule has 1 aromatic rings. The third kappa shape index (κ3) is 4.11. The van der Waals surface area contributed by atoms with E-state index in [1.54, 1.807) is 0 Å². The Morgan fingerprint density at radius 1 is 1.10 bits per heavy atom. The van der Waals surface area contributed by atoms with E-state index in [1.165, 1.54) is 0 Å². The first-order valence-electron chi connectivity index (χ1n) is 6.96. The topological polar surface area (TPSA) is 86.8 Å². The Kier molecular flexibility index (Phi) is 4.58. The van der Waals surface area contributed by atoms with Gasteiger partial charge in [-0.1, -0.05) is 41.5 Å². The molecule has 0 aliphatic heterocycles. The number of benzene rings is 1. The van der Waals surface area contributed by atoms with Gasteiger partial charge in [-0.05, 0) is 39.7 Å². The number of nitrogens with two attached hydrogens (primary N) is 1. The summed E-state index contributed by atoms with van der Waals surface area (Å²) < 4.78 is 0. The molecule has 0 radical (unpaired) electrons. The molecule has 0 unspecified atom stereocenters. The van der Waals surface area contributed by atoms with Gasteiger partial charge in [-0.25, -0.2) is 15.6 Å². The molecule has 0 aliphatic carbocycles. The highest BCUT2D eigenvalue weighted by Crippen LogP contribution is 2.39. The summed E-state index contributed by atoms with van der Waals surface area (Å²) in [5, 5.41) is 20.2. The van der Waals surface area contributed by atoms with Crippen molar-refractivity contribution in [1.82, 2.24) is 5.01 Å². The van der Waals surface area contributed by atoms with Gasteiger partial charge in [-0.2, -0.15) is 0 Å². The highest BCUT2D eigenvalue weighted by atomic mass is 16.4. The number of carbonyl (C=O) groups is 1. The Bertz CT molecular complexity index is 504. The molecule has 0 heterocycles. The number of carboxylic acid groups (broad SMARTS) is 1. The van der Waals surface area contributed by atoms with Crippen molar-refractivity contribution >= 4 is 6.09 Å². The lowest BCUT2D eigenvalue weighted by atomic mass is 9.78. The van der Waals surface area contributed by atoms with Crippen molar-refractivity contribution in [3.8, 4) is 5.75 Å². The molecule has 0 saturated heterocycles. The van der Waals surface area contributed by atoms with Crippen molar-refractivity contribution in [3.63, 3.8) is 0 Å². The van der Waals surface area contributed by atoms with E-state index in [2.05, 4.69) is 0 Å². The molecule has 1 amide bonds. The number of hydrogen-bond acceptors (Lipinski definition) is 3. The molecule has 0 aliphatic rings. The average molecular weight is 294 g/mol. The van der Waals surface area contributed by atoms with Gasteiger partial charge in [0.05, 0.1) is 6.54 Å². The second kappa shape index (κ2) is 5.56. The molecule has 1 aromatic carbocycles. The van der Waals surface area contributed by atoms with Crippen LogP contribution in [0.1, 0.15) is 58.2 Å². The van der Waals surface area contributed by atoms with Crippen LogP contribution in [0.15, 0.2) is 12.1 Å². The zero-order valence-corrected chi connectivity index (χ0v) is 13.7. The number of aromatic hydroxyl groups is 1. The van der Waals surface area contributed by atoms with Crippen LogP contribution in [0.3, 0.4) is 0 Å². The molecule has 0 spiro atoms. The van der Waals surface area contributed by atoms with Gasteiger partial charge in [0, 0.05) is 0 Å². The van der Waals surface area contributed by atoms with Crippen molar-refractivity contribution in [1.29, 1.82) is 0 Å². The fourth-order valence-corrected chi connectivity index (χ4v) is 2.19. The Hall–Kier alpha value is -1.75. The monoisotopic (exact) mass is 294 g/mol. The molecular weight excluding hydrogens is 268 g/mol. The minimum absolute atomic E-state index is 0.0851. The molecule has 21 heavy (non-hydrogen) atoms. The summed E-state index contributed by atoms with van der Waals surface area (Å²) in [6.45, 7) is 12.1. The van der Waals surface area contributed by atoms with Crippen molar-refractivity contribution in [2.45, 2.75) is 58.9 Å². The van der Waals surface area contributed by atoms with Crippen molar-refractivity contribution in [3.05, 3.63) is 28.8 Å². The van der Waals surface area contributed by atoms with Gasteiger partial charge < -0.3 is 10.2 Å². The van der Waals surface area contributed by atoms with E-state index in [4.69, 9.17) is 10.9 Å². The molecule has 5 heteroatoms. The number of hydrogen-bond donors (Lipinski definition) is 3. The van der Waals surface area contributed by atoms with Crippen LogP contribution >= 0.6 is 0 Å². The first-order chi connectivity index (χ1) is 9.34.